The van der Waals surface area contributed by atoms with E-state index in [1.54, 1.807) is 37.7 Å². The van der Waals surface area contributed by atoms with Crippen LogP contribution in [0.5, 0.6) is 28.7 Å². The van der Waals surface area contributed by atoms with Crippen molar-refractivity contribution in [2.75, 3.05) is 35.0 Å². The summed E-state index contributed by atoms with van der Waals surface area (Å²) in [4.78, 5) is 25.1. The van der Waals surface area contributed by atoms with E-state index in [9.17, 15) is 9.59 Å². The number of thiophene rings is 1. The fourth-order valence-electron chi connectivity index (χ4n) is 3.92. The average molecular weight is 558 g/mol. The van der Waals surface area contributed by atoms with Gasteiger partial charge in [0.2, 0.25) is 5.75 Å². The molecule has 0 atom stereocenters. The van der Waals surface area contributed by atoms with Crippen molar-refractivity contribution < 1.29 is 67.9 Å². The SMILES string of the molecule is COc1cc(OC)c(-c2cc3ccccc3s2)cc1/C=C/C(=O)c1cc(OC)c(OCC(=O)O)c(OC)c1.[Na+]. The zero-order chi connectivity index (χ0) is 27.2. The molecule has 0 amide bonds. The molecular formula is C29H26NaO8S+. The number of hydrogen-bond acceptors (Lipinski definition) is 8. The summed E-state index contributed by atoms with van der Waals surface area (Å²) in [6, 6.07) is 16.9. The smallest absolute Gasteiger partial charge is 0.496 e. The molecule has 0 saturated heterocycles. The second-order valence-electron chi connectivity index (χ2n) is 8.03. The number of methoxy groups -OCH3 is 4. The topological polar surface area (TPSA) is 101 Å². The first-order chi connectivity index (χ1) is 18.4. The van der Waals surface area contributed by atoms with Crippen molar-refractivity contribution in [3.05, 3.63) is 71.8 Å². The van der Waals surface area contributed by atoms with Gasteiger partial charge in [0.15, 0.2) is 23.9 Å². The maximum atomic E-state index is 13.1. The van der Waals surface area contributed by atoms with Gasteiger partial charge < -0.3 is 28.8 Å². The normalized spacial score (nSPS) is 10.7. The Morgan fingerprint density at radius 3 is 2.08 bits per heavy atom. The average Bonchev–Trinajstić information content (AvgIpc) is 3.37. The Hall–Kier alpha value is -3.50. The van der Waals surface area contributed by atoms with Gasteiger partial charge in [0.1, 0.15) is 11.5 Å². The number of hydrogen-bond donors (Lipinski definition) is 1. The number of carbonyl (C=O) groups excluding carboxylic acids is 1. The number of carbonyl (C=O) groups is 2. The van der Waals surface area contributed by atoms with E-state index in [1.807, 2.05) is 18.2 Å². The van der Waals surface area contributed by atoms with Gasteiger partial charge in [0.25, 0.3) is 0 Å². The number of aliphatic carboxylic acids is 1. The molecule has 0 aliphatic heterocycles. The molecule has 0 spiro atoms. The summed E-state index contributed by atoms with van der Waals surface area (Å²) in [5, 5.41) is 10.1. The molecule has 1 aromatic heterocycles. The van der Waals surface area contributed by atoms with Crippen LogP contribution in [0, 0.1) is 0 Å². The fraction of sp³-hybridized carbons (Fsp3) is 0.172. The summed E-state index contributed by atoms with van der Waals surface area (Å²) >= 11 is 1.65. The van der Waals surface area contributed by atoms with Crippen molar-refractivity contribution in [3.8, 4) is 39.2 Å². The Morgan fingerprint density at radius 1 is 0.846 bits per heavy atom. The van der Waals surface area contributed by atoms with Crippen LogP contribution in [0.15, 0.2) is 60.7 Å². The van der Waals surface area contributed by atoms with Crippen molar-refractivity contribution in [1.82, 2.24) is 0 Å². The van der Waals surface area contributed by atoms with Gasteiger partial charge in [-0.2, -0.15) is 0 Å². The summed E-state index contributed by atoms with van der Waals surface area (Å²) < 4.78 is 28.3. The molecule has 1 N–H and O–H groups in total. The van der Waals surface area contributed by atoms with E-state index in [0.717, 1.165) is 20.5 Å². The summed E-state index contributed by atoms with van der Waals surface area (Å²) in [6.45, 7) is -0.584. The Morgan fingerprint density at radius 2 is 1.49 bits per heavy atom. The van der Waals surface area contributed by atoms with Gasteiger partial charge in [0, 0.05) is 32.3 Å². The molecule has 0 aliphatic rings. The molecule has 1 heterocycles. The second kappa shape index (κ2) is 13.5. The largest absolute Gasteiger partial charge is 1.00 e. The number of ketones is 1. The number of carboxylic acid groups (broad SMARTS) is 1. The van der Waals surface area contributed by atoms with Gasteiger partial charge >= 0.3 is 35.5 Å². The van der Waals surface area contributed by atoms with Crippen LogP contribution >= 0.6 is 11.3 Å². The number of rotatable bonds is 11. The molecule has 0 radical (unpaired) electrons. The second-order valence-corrected chi connectivity index (χ2v) is 9.12. The van der Waals surface area contributed by atoms with Gasteiger partial charge in [-0.15, -0.1) is 11.3 Å². The van der Waals surface area contributed by atoms with E-state index in [-0.39, 0.29) is 58.2 Å². The maximum Gasteiger partial charge on any atom is 1.00 e. The predicted molar refractivity (Wildman–Crippen MR) is 146 cm³/mol. The van der Waals surface area contributed by atoms with Crippen molar-refractivity contribution in [3.63, 3.8) is 0 Å². The third-order valence-electron chi connectivity index (χ3n) is 5.74. The minimum Gasteiger partial charge on any atom is -0.496 e. The molecule has 196 valence electrons. The zero-order valence-corrected chi connectivity index (χ0v) is 25.1. The van der Waals surface area contributed by atoms with Crippen molar-refractivity contribution in [1.29, 1.82) is 0 Å². The van der Waals surface area contributed by atoms with Crippen LogP contribution in [0.25, 0.3) is 26.6 Å². The molecular weight excluding hydrogens is 531 g/mol. The molecule has 0 bridgehead atoms. The third kappa shape index (κ3) is 6.75. The molecule has 10 heteroatoms. The minimum absolute atomic E-state index is 0. The Balaban J connectivity index is 0.00000420. The van der Waals surface area contributed by atoms with E-state index < -0.39 is 12.6 Å². The van der Waals surface area contributed by atoms with Crippen LogP contribution in [0.2, 0.25) is 0 Å². The summed E-state index contributed by atoms with van der Waals surface area (Å²) in [5.74, 6) is 0.176. The van der Waals surface area contributed by atoms with Gasteiger partial charge in [0.05, 0.1) is 28.4 Å². The van der Waals surface area contributed by atoms with Crippen LogP contribution in [0.4, 0.5) is 0 Å². The van der Waals surface area contributed by atoms with Crippen molar-refractivity contribution in [2.45, 2.75) is 0 Å². The third-order valence-corrected chi connectivity index (χ3v) is 6.89. The van der Waals surface area contributed by atoms with Crippen LogP contribution in [0.3, 0.4) is 0 Å². The zero-order valence-electron chi connectivity index (χ0n) is 22.3. The summed E-state index contributed by atoms with van der Waals surface area (Å²) in [5.41, 5.74) is 1.84. The Kier molecular flexibility index (Phi) is 10.4. The number of ether oxygens (including phenoxy) is 5. The van der Waals surface area contributed by atoms with Gasteiger partial charge in [-0.1, -0.05) is 18.2 Å². The number of carboxylic acids is 1. The Labute approximate surface area is 252 Å². The maximum absolute atomic E-state index is 13.1. The van der Waals surface area contributed by atoms with Crippen molar-refractivity contribution in [2.24, 2.45) is 0 Å². The molecule has 39 heavy (non-hydrogen) atoms. The molecule has 0 unspecified atom stereocenters. The van der Waals surface area contributed by atoms with Crippen LogP contribution in [-0.2, 0) is 4.79 Å². The molecule has 0 aliphatic carbocycles. The van der Waals surface area contributed by atoms with Crippen LogP contribution < -0.4 is 53.2 Å². The van der Waals surface area contributed by atoms with E-state index in [2.05, 4.69) is 18.2 Å². The Bertz CT molecular complexity index is 1470. The van der Waals surface area contributed by atoms with E-state index in [0.29, 0.717) is 17.1 Å². The summed E-state index contributed by atoms with van der Waals surface area (Å²) in [7, 11) is 5.95. The van der Waals surface area contributed by atoms with Crippen LogP contribution in [-0.4, -0.2) is 51.9 Å². The van der Waals surface area contributed by atoms with E-state index >= 15 is 0 Å². The predicted octanol–water partition coefficient (Wildman–Crippen LogP) is 2.97. The molecule has 3 aromatic carbocycles. The van der Waals surface area contributed by atoms with Crippen LogP contribution in [0.1, 0.15) is 15.9 Å². The summed E-state index contributed by atoms with van der Waals surface area (Å²) in [6.07, 6.45) is 3.09. The minimum atomic E-state index is -1.15. The fourth-order valence-corrected chi connectivity index (χ4v) is 5.00. The molecule has 4 rings (SSSR count). The van der Waals surface area contributed by atoms with Crippen molar-refractivity contribution >= 4 is 39.3 Å². The van der Waals surface area contributed by atoms with Gasteiger partial charge in [-0.25, -0.2) is 4.79 Å². The first-order valence-corrected chi connectivity index (χ1v) is 12.3. The first kappa shape index (κ1) is 30.0. The number of benzene rings is 3. The first-order valence-electron chi connectivity index (χ1n) is 11.5. The van der Waals surface area contributed by atoms with E-state index in [1.165, 1.54) is 32.4 Å². The number of allylic oxidation sites excluding steroid dienone is 1. The quantitative estimate of drug-likeness (QED) is 0.171. The molecule has 8 nitrogen and oxygen atoms in total. The van der Waals surface area contributed by atoms with Gasteiger partial charge in [-0.3, -0.25) is 4.79 Å². The molecule has 0 fully saturated rings. The monoisotopic (exact) mass is 557 g/mol. The van der Waals surface area contributed by atoms with Gasteiger partial charge in [-0.05, 0) is 47.9 Å². The molecule has 0 saturated carbocycles. The molecule has 4 aromatic rings. The number of fused-ring (bicyclic) bond motifs is 1. The standard InChI is InChI=1S/C29H26O8S.Na/c1-33-22-15-23(34-2)20(27-14-18-7-5-6-8-26(18)38-27)11-17(22)9-10-21(30)19-12-24(35-3)29(25(13-19)36-4)37-16-28(31)32;/h5-15H,16H2,1-4H3,(H,31,32);/q;+1/b10-9+;. The van der Waals surface area contributed by atoms with E-state index in [4.69, 9.17) is 28.8 Å².